The number of esters is 1. The third-order valence-electron chi connectivity index (χ3n) is 1.45. The summed E-state index contributed by atoms with van der Waals surface area (Å²) in [7, 11) is 0. The molecule has 0 spiro atoms. The van der Waals surface area contributed by atoms with Crippen molar-refractivity contribution in [1.29, 1.82) is 0 Å². The van der Waals surface area contributed by atoms with Gasteiger partial charge in [-0.05, 0) is 19.8 Å². The topological polar surface area (TPSA) is 46.5 Å². The smallest absolute Gasteiger partial charge is 0.302 e. The lowest BCUT2D eigenvalue weighted by Gasteiger charge is -2.18. The largest absolute Gasteiger partial charge is 0.466 e. The van der Waals surface area contributed by atoms with Crippen LogP contribution in [0.15, 0.2) is 0 Å². The number of carbonyl (C=O) groups excluding carboxylic acids is 1. The van der Waals surface area contributed by atoms with E-state index in [4.69, 9.17) is 0 Å². The molecule has 0 aromatic carbocycles. The minimum Gasteiger partial charge on any atom is -0.466 e. The average molecular weight is 178 g/mol. The van der Waals surface area contributed by atoms with Crippen LogP contribution in [0.4, 0.5) is 4.39 Å². The molecule has 0 rings (SSSR count). The van der Waals surface area contributed by atoms with E-state index in [0.717, 1.165) is 0 Å². The van der Waals surface area contributed by atoms with Gasteiger partial charge in [0.15, 0.2) is 0 Å². The molecule has 0 saturated carbocycles. The summed E-state index contributed by atoms with van der Waals surface area (Å²) in [6.07, 6.45) is 0.785. The van der Waals surface area contributed by atoms with Crippen molar-refractivity contribution in [3.05, 3.63) is 0 Å². The van der Waals surface area contributed by atoms with Gasteiger partial charge in [-0.25, -0.2) is 4.39 Å². The predicted molar refractivity (Wildman–Crippen MR) is 42.5 cm³/mol. The molecule has 0 aromatic heterocycles. The Labute approximate surface area is 71.5 Å². The van der Waals surface area contributed by atoms with E-state index in [9.17, 15) is 14.3 Å². The number of hydrogen-bond acceptors (Lipinski definition) is 3. The van der Waals surface area contributed by atoms with Crippen LogP contribution in [-0.2, 0) is 9.53 Å². The van der Waals surface area contributed by atoms with Gasteiger partial charge in [0.2, 0.25) is 0 Å². The summed E-state index contributed by atoms with van der Waals surface area (Å²) in [6.45, 7) is 2.20. The minimum atomic E-state index is -1.28. The van der Waals surface area contributed by atoms with E-state index in [-0.39, 0.29) is 12.6 Å². The molecule has 1 unspecified atom stereocenters. The molecule has 0 radical (unpaired) electrons. The van der Waals surface area contributed by atoms with Gasteiger partial charge >= 0.3 is 5.97 Å². The number of rotatable bonds is 5. The lowest BCUT2D eigenvalue weighted by molar-refractivity contribution is -0.141. The molecule has 4 heteroatoms. The number of ether oxygens (including phenoxy) is 1. The Balaban J connectivity index is 3.37. The summed E-state index contributed by atoms with van der Waals surface area (Å²) in [5.41, 5.74) is -1.28. The molecular weight excluding hydrogens is 163 g/mol. The molecule has 0 aromatic rings. The van der Waals surface area contributed by atoms with E-state index in [2.05, 4.69) is 4.74 Å². The number of hydrogen-bond donors (Lipinski definition) is 1. The molecule has 0 bridgehead atoms. The number of carbonyl (C=O) groups is 1. The van der Waals surface area contributed by atoms with E-state index in [1.54, 1.807) is 0 Å². The maximum Gasteiger partial charge on any atom is 0.302 e. The zero-order chi connectivity index (χ0) is 9.61. The van der Waals surface area contributed by atoms with Crippen molar-refractivity contribution in [2.45, 2.75) is 32.3 Å². The summed E-state index contributed by atoms with van der Waals surface area (Å²) in [5.74, 6) is -0.352. The molecule has 0 aliphatic rings. The maximum atomic E-state index is 12.0. The minimum absolute atomic E-state index is 0.242. The Morgan fingerprint density at radius 3 is 2.67 bits per heavy atom. The molecule has 0 saturated heterocycles. The van der Waals surface area contributed by atoms with Gasteiger partial charge in [-0.1, -0.05) is 0 Å². The van der Waals surface area contributed by atoms with Crippen LogP contribution >= 0.6 is 0 Å². The summed E-state index contributed by atoms with van der Waals surface area (Å²) < 4.78 is 16.6. The molecule has 1 N–H and O–H groups in total. The lowest BCUT2D eigenvalue weighted by Crippen LogP contribution is -2.27. The normalized spacial score (nSPS) is 15.3. The van der Waals surface area contributed by atoms with E-state index in [0.29, 0.717) is 12.8 Å². The standard InChI is InChI=1S/C8H15FO3/c1-7(10)12-5-3-4-8(2,11)6-9/h11H,3-6H2,1-2H3. The zero-order valence-electron chi connectivity index (χ0n) is 7.47. The molecule has 0 fully saturated rings. The van der Waals surface area contributed by atoms with Crippen molar-refractivity contribution in [3.8, 4) is 0 Å². The van der Waals surface area contributed by atoms with Gasteiger partial charge in [0.25, 0.3) is 0 Å². The third-order valence-corrected chi connectivity index (χ3v) is 1.45. The maximum absolute atomic E-state index is 12.0. The van der Waals surface area contributed by atoms with E-state index in [1.165, 1.54) is 13.8 Å². The number of halogens is 1. The second-order valence-corrected chi connectivity index (χ2v) is 3.07. The van der Waals surface area contributed by atoms with Gasteiger partial charge in [0.1, 0.15) is 6.67 Å². The highest BCUT2D eigenvalue weighted by molar-refractivity contribution is 5.65. The molecular formula is C8H15FO3. The summed E-state index contributed by atoms with van der Waals surface area (Å²) in [6, 6.07) is 0. The van der Waals surface area contributed by atoms with Gasteiger partial charge < -0.3 is 9.84 Å². The van der Waals surface area contributed by atoms with Crippen molar-refractivity contribution < 1.29 is 19.0 Å². The van der Waals surface area contributed by atoms with Crippen LogP contribution in [0.2, 0.25) is 0 Å². The highest BCUT2D eigenvalue weighted by Crippen LogP contribution is 2.12. The molecule has 3 nitrogen and oxygen atoms in total. The van der Waals surface area contributed by atoms with Gasteiger partial charge in [-0.2, -0.15) is 0 Å². The first kappa shape index (κ1) is 11.4. The summed E-state index contributed by atoms with van der Waals surface area (Å²) in [4.78, 5) is 10.3. The van der Waals surface area contributed by atoms with E-state index in [1.807, 2.05) is 0 Å². The van der Waals surface area contributed by atoms with Crippen LogP contribution in [0.5, 0.6) is 0 Å². The molecule has 0 heterocycles. The van der Waals surface area contributed by atoms with Crippen molar-refractivity contribution in [2.24, 2.45) is 0 Å². The Morgan fingerprint density at radius 2 is 2.25 bits per heavy atom. The van der Waals surface area contributed by atoms with E-state index >= 15 is 0 Å². The van der Waals surface area contributed by atoms with Crippen molar-refractivity contribution >= 4 is 5.97 Å². The lowest BCUT2D eigenvalue weighted by atomic mass is 10.0. The second-order valence-electron chi connectivity index (χ2n) is 3.07. The Morgan fingerprint density at radius 1 is 1.67 bits per heavy atom. The SMILES string of the molecule is CC(=O)OCCCC(C)(O)CF. The van der Waals surface area contributed by atoms with Crippen molar-refractivity contribution in [1.82, 2.24) is 0 Å². The third kappa shape index (κ3) is 6.09. The fraction of sp³-hybridized carbons (Fsp3) is 0.875. The van der Waals surface area contributed by atoms with Gasteiger partial charge in [0, 0.05) is 6.92 Å². The number of aliphatic hydroxyl groups is 1. The highest BCUT2D eigenvalue weighted by Gasteiger charge is 2.19. The van der Waals surface area contributed by atoms with Crippen LogP contribution in [0, 0.1) is 0 Å². The molecule has 12 heavy (non-hydrogen) atoms. The fourth-order valence-electron chi connectivity index (χ4n) is 0.736. The van der Waals surface area contributed by atoms with Gasteiger partial charge in [0.05, 0.1) is 12.2 Å². The van der Waals surface area contributed by atoms with Crippen LogP contribution < -0.4 is 0 Å². The van der Waals surface area contributed by atoms with E-state index < -0.39 is 12.3 Å². The highest BCUT2D eigenvalue weighted by atomic mass is 19.1. The Bertz CT molecular complexity index is 145. The average Bonchev–Trinajstić information content (AvgIpc) is 1.98. The first-order valence-electron chi connectivity index (χ1n) is 3.89. The van der Waals surface area contributed by atoms with Crippen molar-refractivity contribution in [2.75, 3.05) is 13.3 Å². The predicted octanol–water partition coefficient (Wildman–Crippen LogP) is 1.05. The van der Waals surface area contributed by atoms with Gasteiger partial charge in [-0.15, -0.1) is 0 Å². The van der Waals surface area contributed by atoms with Crippen LogP contribution in [0.1, 0.15) is 26.7 Å². The Hall–Kier alpha value is -0.640. The van der Waals surface area contributed by atoms with Crippen molar-refractivity contribution in [3.63, 3.8) is 0 Å². The van der Waals surface area contributed by atoms with Crippen LogP contribution in [0.3, 0.4) is 0 Å². The second kappa shape index (κ2) is 5.09. The van der Waals surface area contributed by atoms with Crippen LogP contribution in [-0.4, -0.2) is 30.0 Å². The fourth-order valence-corrected chi connectivity index (χ4v) is 0.736. The molecule has 0 aliphatic heterocycles. The zero-order valence-corrected chi connectivity index (χ0v) is 7.47. The monoisotopic (exact) mass is 178 g/mol. The summed E-state index contributed by atoms with van der Waals surface area (Å²) in [5, 5.41) is 9.17. The first-order chi connectivity index (χ1) is 5.48. The quantitative estimate of drug-likeness (QED) is 0.505. The summed E-state index contributed by atoms with van der Waals surface area (Å²) >= 11 is 0. The van der Waals surface area contributed by atoms with Gasteiger partial charge in [-0.3, -0.25) is 4.79 Å². The molecule has 0 aliphatic carbocycles. The molecule has 72 valence electrons. The molecule has 0 amide bonds. The first-order valence-corrected chi connectivity index (χ1v) is 3.89. The van der Waals surface area contributed by atoms with Crippen LogP contribution in [0.25, 0.3) is 0 Å². The number of alkyl halides is 1. The molecule has 1 atom stereocenters. The Kier molecular flexibility index (Phi) is 4.81.